The van der Waals surface area contributed by atoms with Gasteiger partial charge in [-0.25, -0.2) is 0 Å². The fourth-order valence-electron chi connectivity index (χ4n) is 3.07. The van der Waals surface area contributed by atoms with Crippen LogP contribution < -0.4 is 4.90 Å². The van der Waals surface area contributed by atoms with Crippen LogP contribution in [0.2, 0.25) is 0 Å². The van der Waals surface area contributed by atoms with Crippen LogP contribution in [-0.4, -0.2) is 47.4 Å². The molecule has 1 aromatic carbocycles. The second-order valence-electron chi connectivity index (χ2n) is 6.93. The Kier molecular flexibility index (Phi) is 7.48. The number of nitrogens with one attached hydrogen (secondary N) is 1. The number of hydrogen-bond donors (Lipinski definition) is 1. The predicted molar refractivity (Wildman–Crippen MR) is 111 cm³/mol. The van der Waals surface area contributed by atoms with Crippen molar-refractivity contribution in [1.29, 1.82) is 0 Å². The first-order valence-electron chi connectivity index (χ1n) is 9.65. The van der Waals surface area contributed by atoms with Gasteiger partial charge in [0.05, 0.1) is 12.8 Å². The van der Waals surface area contributed by atoms with Crippen molar-refractivity contribution in [3.8, 4) is 11.7 Å². The molecular weight excluding hydrogens is 388 g/mol. The van der Waals surface area contributed by atoms with Gasteiger partial charge in [-0.1, -0.05) is 19.1 Å². The SMILES string of the molecule is CCC[NH+](CC(=O)N(C)Cc1ccc(SC)cc1)Cc1nnc(-c2ccco2)o1. The molecule has 2 heterocycles. The quantitative estimate of drug-likeness (QED) is 0.513. The summed E-state index contributed by atoms with van der Waals surface area (Å²) in [5, 5.41) is 8.14. The molecule has 1 atom stereocenters. The van der Waals surface area contributed by atoms with Gasteiger partial charge in [-0.05, 0) is 42.5 Å². The van der Waals surface area contributed by atoms with E-state index in [1.165, 1.54) is 4.90 Å². The number of carbonyl (C=O) groups is 1. The van der Waals surface area contributed by atoms with Crippen LogP contribution in [0.3, 0.4) is 0 Å². The number of rotatable bonds is 10. The molecule has 2 aromatic heterocycles. The molecule has 1 amide bonds. The molecule has 7 nitrogen and oxygen atoms in total. The first-order valence-corrected chi connectivity index (χ1v) is 10.9. The summed E-state index contributed by atoms with van der Waals surface area (Å²) in [6, 6.07) is 11.9. The number of carbonyl (C=O) groups excluding carboxylic acids is 1. The minimum absolute atomic E-state index is 0.0909. The number of benzene rings is 1. The number of hydrogen-bond acceptors (Lipinski definition) is 6. The van der Waals surface area contributed by atoms with Gasteiger partial charge in [0.15, 0.2) is 18.8 Å². The molecule has 0 aliphatic rings. The second kappa shape index (κ2) is 10.3. The van der Waals surface area contributed by atoms with E-state index in [1.54, 1.807) is 35.1 Å². The smallest absolute Gasteiger partial charge is 0.283 e. The van der Waals surface area contributed by atoms with Crippen LogP contribution >= 0.6 is 11.8 Å². The minimum Gasteiger partial charge on any atom is -0.459 e. The van der Waals surface area contributed by atoms with Crippen molar-refractivity contribution in [2.45, 2.75) is 31.3 Å². The van der Waals surface area contributed by atoms with Crippen LogP contribution in [0.1, 0.15) is 24.8 Å². The molecule has 0 aliphatic carbocycles. The van der Waals surface area contributed by atoms with E-state index in [9.17, 15) is 4.79 Å². The summed E-state index contributed by atoms with van der Waals surface area (Å²) in [5.74, 6) is 1.50. The van der Waals surface area contributed by atoms with Gasteiger partial charge >= 0.3 is 0 Å². The van der Waals surface area contributed by atoms with Crippen LogP contribution in [0, 0.1) is 0 Å². The van der Waals surface area contributed by atoms with Gasteiger partial charge in [-0.3, -0.25) is 4.79 Å². The average Bonchev–Trinajstić information content (AvgIpc) is 3.40. The maximum atomic E-state index is 12.8. The van der Waals surface area contributed by atoms with E-state index in [4.69, 9.17) is 8.83 Å². The van der Waals surface area contributed by atoms with Gasteiger partial charge in [0.25, 0.3) is 17.7 Å². The number of amides is 1. The summed E-state index contributed by atoms with van der Waals surface area (Å²) in [4.78, 5) is 16.8. The molecule has 3 rings (SSSR count). The van der Waals surface area contributed by atoms with Crippen LogP contribution in [0.5, 0.6) is 0 Å². The highest BCUT2D eigenvalue weighted by Crippen LogP contribution is 2.17. The lowest BCUT2D eigenvalue weighted by Crippen LogP contribution is -3.11. The van der Waals surface area contributed by atoms with E-state index in [-0.39, 0.29) is 5.91 Å². The molecule has 0 aliphatic heterocycles. The Morgan fingerprint density at radius 1 is 1.21 bits per heavy atom. The zero-order valence-electron chi connectivity index (χ0n) is 17.1. The van der Waals surface area contributed by atoms with Crippen molar-refractivity contribution in [3.05, 3.63) is 54.1 Å². The number of nitrogens with zero attached hydrogens (tertiary/aromatic N) is 3. The Bertz CT molecular complexity index is 893. The molecule has 0 saturated heterocycles. The molecule has 1 N–H and O–H groups in total. The zero-order valence-corrected chi connectivity index (χ0v) is 17.9. The molecule has 0 bridgehead atoms. The molecule has 0 saturated carbocycles. The average molecular weight is 416 g/mol. The van der Waals surface area contributed by atoms with Crippen molar-refractivity contribution in [2.24, 2.45) is 0 Å². The topological polar surface area (TPSA) is 76.8 Å². The Morgan fingerprint density at radius 2 is 2.00 bits per heavy atom. The zero-order chi connectivity index (χ0) is 20.6. The van der Waals surface area contributed by atoms with Crippen molar-refractivity contribution in [3.63, 3.8) is 0 Å². The fourth-order valence-corrected chi connectivity index (χ4v) is 3.48. The third-order valence-corrected chi connectivity index (χ3v) is 5.35. The summed E-state index contributed by atoms with van der Waals surface area (Å²) < 4.78 is 11.0. The number of quaternary nitrogens is 1. The Balaban J connectivity index is 1.57. The van der Waals surface area contributed by atoms with Crippen LogP contribution in [0.25, 0.3) is 11.7 Å². The normalized spacial score (nSPS) is 12.1. The van der Waals surface area contributed by atoms with Crippen LogP contribution in [-0.2, 0) is 17.9 Å². The standard InChI is InChI=1S/C21H26N4O3S/c1-4-11-25(14-19-22-23-21(28-19)18-6-5-12-27-18)15-20(26)24(2)13-16-7-9-17(29-3)10-8-16/h5-10,12H,4,11,13-15H2,1-3H3/p+1. The first kappa shape index (κ1) is 21.1. The maximum absolute atomic E-state index is 12.8. The predicted octanol–water partition coefficient (Wildman–Crippen LogP) is 2.50. The number of aromatic nitrogens is 2. The third-order valence-electron chi connectivity index (χ3n) is 4.61. The van der Waals surface area contributed by atoms with Crippen molar-refractivity contribution in [2.75, 3.05) is 26.4 Å². The van der Waals surface area contributed by atoms with Crippen LogP contribution in [0.4, 0.5) is 0 Å². The molecule has 8 heteroatoms. The van der Waals surface area contributed by atoms with Gasteiger partial charge in [0.1, 0.15) is 0 Å². The van der Waals surface area contributed by atoms with E-state index in [1.807, 2.05) is 7.05 Å². The number of furan rings is 1. The van der Waals surface area contributed by atoms with Crippen LogP contribution in [0.15, 0.2) is 56.4 Å². The minimum atomic E-state index is 0.0909. The highest BCUT2D eigenvalue weighted by atomic mass is 32.2. The maximum Gasteiger partial charge on any atom is 0.283 e. The van der Waals surface area contributed by atoms with E-state index < -0.39 is 0 Å². The van der Waals surface area contributed by atoms with E-state index in [0.717, 1.165) is 23.4 Å². The highest BCUT2D eigenvalue weighted by molar-refractivity contribution is 7.98. The number of thioether (sulfide) groups is 1. The highest BCUT2D eigenvalue weighted by Gasteiger charge is 2.21. The fraction of sp³-hybridized carbons (Fsp3) is 0.381. The van der Waals surface area contributed by atoms with E-state index in [2.05, 4.69) is 47.6 Å². The second-order valence-corrected chi connectivity index (χ2v) is 7.81. The summed E-state index contributed by atoms with van der Waals surface area (Å²) in [6.45, 7) is 4.43. The Morgan fingerprint density at radius 3 is 2.66 bits per heavy atom. The monoisotopic (exact) mass is 415 g/mol. The van der Waals surface area contributed by atoms with Gasteiger partial charge in [0.2, 0.25) is 0 Å². The van der Waals surface area contributed by atoms with E-state index in [0.29, 0.717) is 37.2 Å². The number of likely N-dealkylation sites (N-methyl/N-ethyl adjacent to an activating group) is 1. The first-order chi connectivity index (χ1) is 14.1. The summed E-state index contributed by atoms with van der Waals surface area (Å²) in [7, 11) is 1.84. The summed E-state index contributed by atoms with van der Waals surface area (Å²) in [5.41, 5.74) is 1.12. The lowest BCUT2D eigenvalue weighted by Gasteiger charge is -2.21. The van der Waals surface area contributed by atoms with Crippen molar-refractivity contribution < 1.29 is 18.5 Å². The molecular formula is C21H27N4O3S+. The molecule has 1 unspecified atom stereocenters. The molecule has 0 radical (unpaired) electrons. The molecule has 0 fully saturated rings. The van der Waals surface area contributed by atoms with Gasteiger partial charge in [-0.2, -0.15) is 0 Å². The summed E-state index contributed by atoms with van der Waals surface area (Å²) in [6.07, 6.45) is 4.58. The van der Waals surface area contributed by atoms with E-state index >= 15 is 0 Å². The Labute approximate surface area is 175 Å². The van der Waals surface area contributed by atoms with Gasteiger partial charge in [-0.15, -0.1) is 22.0 Å². The Hall–Kier alpha value is -2.58. The van der Waals surface area contributed by atoms with Crippen molar-refractivity contribution in [1.82, 2.24) is 15.1 Å². The lowest BCUT2D eigenvalue weighted by molar-refractivity contribution is -0.907. The molecule has 29 heavy (non-hydrogen) atoms. The molecule has 3 aromatic rings. The lowest BCUT2D eigenvalue weighted by atomic mass is 10.2. The summed E-state index contributed by atoms with van der Waals surface area (Å²) >= 11 is 1.71. The molecule has 0 spiro atoms. The van der Waals surface area contributed by atoms with Gasteiger partial charge in [0, 0.05) is 18.5 Å². The van der Waals surface area contributed by atoms with Gasteiger partial charge < -0.3 is 18.6 Å². The van der Waals surface area contributed by atoms with Crippen molar-refractivity contribution >= 4 is 17.7 Å². The molecule has 154 valence electrons. The third kappa shape index (κ3) is 5.95. The largest absolute Gasteiger partial charge is 0.459 e.